The Labute approximate surface area is 639 Å². The number of aliphatic imine (C=N–C) groups is 5. The SMILES string of the molecule is CC(C)(C)OC(=O)n1nc(Cl)c2c(Br)c(N=C=S)ccc21.CC(C)(C)OC(=O)n1nc(Cl)c2cc(N=C=S)ccc21.CC(C)(C)OC(=O)n1nc(N)c2cc(N=C=S)ccc21.CC(C)(C)OC(=O)n1ncc2c(Cl)c(N=C=S)ccc21.Cc1c(N=C=S)ccc2c1c(Cl)nn2C(=O)OC(C)(C)C. The van der Waals surface area contributed by atoms with Crippen molar-refractivity contribution in [3.8, 4) is 0 Å². The zero-order chi connectivity index (χ0) is 76.3. The number of halogens is 5. The first-order valence-corrected chi connectivity index (χ1v) is 34.0. The van der Waals surface area contributed by atoms with E-state index in [2.05, 4.69) is 153 Å². The fraction of sp³-hybridized carbons (Fsp3) is 0.318. The van der Waals surface area contributed by atoms with Crippen LogP contribution >= 0.6 is 123 Å². The van der Waals surface area contributed by atoms with Gasteiger partial charge in [0.15, 0.2) is 21.3 Å². The number of anilines is 1. The molecular formula is C66H63BrCl4N16O10S5. The van der Waals surface area contributed by atoms with Gasteiger partial charge in [-0.2, -0.15) is 53.5 Å². The van der Waals surface area contributed by atoms with E-state index >= 15 is 0 Å². The Morgan fingerprint density at radius 2 is 0.745 bits per heavy atom. The summed E-state index contributed by atoms with van der Waals surface area (Å²) in [6.45, 7) is 28.6. The molecule has 102 heavy (non-hydrogen) atoms. The van der Waals surface area contributed by atoms with Crippen molar-refractivity contribution in [1.82, 2.24) is 48.9 Å². The minimum Gasteiger partial charge on any atom is -0.442 e. The fourth-order valence-electron chi connectivity index (χ4n) is 8.60. The number of aromatic nitrogens is 10. The number of fused-ring (bicyclic) bond motifs is 5. The Morgan fingerprint density at radius 1 is 0.422 bits per heavy atom. The molecule has 0 amide bonds. The summed E-state index contributed by atoms with van der Waals surface area (Å²) in [6, 6.07) is 20.3. The lowest BCUT2D eigenvalue weighted by atomic mass is 10.1. The molecule has 532 valence electrons. The molecule has 0 saturated carbocycles. The van der Waals surface area contributed by atoms with Crippen molar-refractivity contribution in [3.63, 3.8) is 0 Å². The van der Waals surface area contributed by atoms with Crippen LogP contribution in [0, 0.1) is 6.92 Å². The molecule has 2 N–H and O–H groups in total. The van der Waals surface area contributed by atoms with Crippen LogP contribution in [0.25, 0.3) is 54.5 Å². The molecule has 0 radical (unpaired) electrons. The molecule has 0 unspecified atom stereocenters. The van der Waals surface area contributed by atoms with Gasteiger partial charge in [0.1, 0.15) is 28.0 Å². The van der Waals surface area contributed by atoms with Crippen molar-refractivity contribution in [2.75, 3.05) is 5.73 Å². The Morgan fingerprint density at radius 3 is 1.20 bits per heavy atom. The molecule has 36 heteroatoms. The number of aryl methyl sites for hydroxylation is 1. The minimum atomic E-state index is -0.624. The van der Waals surface area contributed by atoms with Crippen molar-refractivity contribution in [2.45, 2.75) is 139 Å². The number of nitrogens with two attached hydrogens (primary N) is 1. The van der Waals surface area contributed by atoms with Crippen molar-refractivity contribution in [3.05, 3.63) is 110 Å². The summed E-state index contributed by atoms with van der Waals surface area (Å²) in [5.74, 6) is 0.229. The molecule has 10 rings (SSSR count). The van der Waals surface area contributed by atoms with Crippen molar-refractivity contribution in [1.29, 1.82) is 0 Å². The van der Waals surface area contributed by atoms with Crippen LogP contribution in [0.1, 0.15) is 109 Å². The zero-order valence-electron chi connectivity index (χ0n) is 57.3. The molecule has 10 aromatic rings. The summed E-state index contributed by atoms with van der Waals surface area (Å²) in [5.41, 5.74) is 9.17. The van der Waals surface area contributed by atoms with Crippen LogP contribution < -0.4 is 5.73 Å². The van der Waals surface area contributed by atoms with E-state index < -0.39 is 58.5 Å². The molecule has 5 heterocycles. The number of rotatable bonds is 5. The largest absolute Gasteiger partial charge is 0.442 e. The van der Waals surface area contributed by atoms with Crippen LogP contribution in [0.5, 0.6) is 0 Å². The summed E-state index contributed by atoms with van der Waals surface area (Å²) < 4.78 is 32.7. The average molecular weight is 1620 g/mol. The summed E-state index contributed by atoms with van der Waals surface area (Å²) in [7, 11) is 0. The lowest BCUT2D eigenvalue weighted by Gasteiger charge is -2.19. The fourth-order valence-corrected chi connectivity index (χ4v) is 10.9. The zero-order valence-corrected chi connectivity index (χ0v) is 66.0. The number of carbonyl (C=O) groups excluding carboxylic acids is 5. The van der Waals surface area contributed by atoms with Gasteiger partial charge in [-0.1, -0.05) is 46.4 Å². The van der Waals surface area contributed by atoms with Gasteiger partial charge in [0.2, 0.25) is 0 Å². The third-order valence-corrected chi connectivity index (χ3v) is 14.9. The van der Waals surface area contributed by atoms with E-state index in [1.807, 2.05) is 6.92 Å². The second kappa shape index (κ2) is 34.0. The topological polar surface area (TPSA) is 308 Å². The van der Waals surface area contributed by atoms with Gasteiger partial charge in [0, 0.05) is 21.5 Å². The van der Waals surface area contributed by atoms with Gasteiger partial charge in [-0.25, -0.2) is 24.0 Å². The predicted molar refractivity (Wildman–Crippen MR) is 417 cm³/mol. The monoisotopic (exact) mass is 1620 g/mol. The van der Waals surface area contributed by atoms with Crippen LogP contribution in [0.4, 0.5) is 58.2 Å². The number of isothiocyanates is 5. The predicted octanol–water partition coefficient (Wildman–Crippen LogP) is 21.0. The summed E-state index contributed by atoms with van der Waals surface area (Å²) >= 11 is 50.7. The summed E-state index contributed by atoms with van der Waals surface area (Å²) in [5, 5.41) is 35.5. The molecule has 5 aromatic heterocycles. The van der Waals surface area contributed by atoms with Crippen LogP contribution in [0.15, 0.2) is 108 Å². The van der Waals surface area contributed by atoms with Gasteiger partial charge >= 0.3 is 30.5 Å². The Bertz CT molecular complexity index is 4950. The summed E-state index contributed by atoms with van der Waals surface area (Å²) in [4.78, 5) is 80.0. The van der Waals surface area contributed by atoms with E-state index in [0.29, 0.717) is 92.4 Å². The molecule has 0 aliphatic heterocycles. The van der Waals surface area contributed by atoms with Crippen molar-refractivity contribution >= 4 is 268 Å². The maximum absolute atomic E-state index is 12.2. The Balaban J connectivity index is 0.000000200. The third kappa shape index (κ3) is 21.7. The average Bonchev–Trinajstić information content (AvgIpc) is 1.64. The first-order valence-electron chi connectivity index (χ1n) is 29.7. The van der Waals surface area contributed by atoms with Gasteiger partial charge in [0.25, 0.3) is 0 Å². The van der Waals surface area contributed by atoms with Crippen LogP contribution in [0.2, 0.25) is 20.5 Å². The van der Waals surface area contributed by atoms with Gasteiger partial charge in [-0.15, -0.1) is 20.4 Å². The number of benzene rings is 5. The molecule has 0 aliphatic rings. The Hall–Kier alpha value is -8.76. The molecule has 5 aromatic carbocycles. The lowest BCUT2D eigenvalue weighted by Crippen LogP contribution is -2.27. The quantitative estimate of drug-likeness (QED) is 0.0950. The molecule has 0 atom stereocenters. The highest BCUT2D eigenvalue weighted by Gasteiger charge is 2.28. The van der Waals surface area contributed by atoms with Gasteiger partial charge in [-0.3, -0.25) is 0 Å². The van der Waals surface area contributed by atoms with E-state index in [1.165, 1.54) is 6.20 Å². The number of nitrogen functional groups attached to an aromatic ring is 1. The molecule has 0 spiro atoms. The van der Waals surface area contributed by atoms with Crippen LogP contribution in [-0.2, 0) is 23.7 Å². The second-order valence-electron chi connectivity index (χ2n) is 26.0. The summed E-state index contributed by atoms with van der Waals surface area (Å²) in [6.07, 6.45) is -1.41. The number of carbonyl (C=O) groups is 5. The third-order valence-electron chi connectivity index (χ3n) is 12.4. The number of hydrogen-bond donors (Lipinski definition) is 1. The maximum atomic E-state index is 12.2. The van der Waals surface area contributed by atoms with E-state index in [4.69, 9.17) is 75.8 Å². The molecule has 0 saturated heterocycles. The molecular weight excluding hydrogens is 1560 g/mol. The van der Waals surface area contributed by atoms with Gasteiger partial charge < -0.3 is 29.4 Å². The van der Waals surface area contributed by atoms with Crippen molar-refractivity contribution < 1.29 is 47.7 Å². The highest BCUT2D eigenvalue weighted by molar-refractivity contribution is 9.10. The number of ether oxygens (including phenoxy) is 5. The molecule has 0 aliphatic carbocycles. The van der Waals surface area contributed by atoms with Crippen LogP contribution in [0.3, 0.4) is 0 Å². The molecule has 0 fully saturated rings. The number of nitrogens with zero attached hydrogens (tertiary/aromatic N) is 15. The number of hydrogen-bond acceptors (Lipinski definition) is 26. The highest BCUT2D eigenvalue weighted by Crippen LogP contribution is 2.39. The lowest BCUT2D eigenvalue weighted by molar-refractivity contribution is 0.0511. The van der Waals surface area contributed by atoms with E-state index in [-0.39, 0.29) is 21.3 Å². The number of thiocarbonyl (C=S) groups is 5. The Kier molecular flexibility index (Phi) is 27.4. The smallest absolute Gasteiger partial charge is 0.435 e. The molecule has 26 nitrogen and oxygen atoms in total. The second-order valence-corrected chi connectivity index (χ2v) is 29.2. The van der Waals surface area contributed by atoms with Gasteiger partial charge in [0.05, 0.1) is 103 Å². The van der Waals surface area contributed by atoms with Crippen LogP contribution in [-0.4, -0.2) is 133 Å². The maximum Gasteiger partial charge on any atom is 0.435 e. The molecule has 0 bridgehead atoms. The first kappa shape index (κ1) is 82.2. The first-order chi connectivity index (χ1) is 47.4. The highest BCUT2D eigenvalue weighted by atomic mass is 79.9. The van der Waals surface area contributed by atoms with E-state index in [0.717, 1.165) is 29.0 Å². The van der Waals surface area contributed by atoms with Gasteiger partial charge in [-0.05, 0) is 266 Å². The van der Waals surface area contributed by atoms with E-state index in [9.17, 15) is 24.0 Å². The van der Waals surface area contributed by atoms with E-state index in [1.54, 1.807) is 177 Å². The minimum absolute atomic E-state index is 0.171. The standard InChI is InChI=1S/C14H14ClN3O2S.C13H11BrClN3O2S.2C13H12ClN3O2S.C13H14N4O2S/c1-8-9(16-7-21)5-6-10-11(8)12(15)17-18(10)13(19)20-14(2,3)4;1-13(2,3)20-12(19)18-8-5-4-7(16-6-21)10(14)9(8)11(15)17-18;1-13(2,3)19-12(18)17-10-5-4-9(15-7-20)11(14)8(10)6-16-17;2*1-13(2,3)19-12(18)17-10-5-4-8(15-7-20)6-9(10)11(14)16-17/h5-6H,1-4H3;4-5H,1-3H3;2*4-6H,1-3H3;4-6H,1-3H3,(H2,14,16). The van der Waals surface area contributed by atoms with Crippen molar-refractivity contribution in [2.24, 2.45) is 25.0 Å². The normalized spacial score (nSPS) is 11.2.